The number of carbonyl (C=O) groups is 1. The molecule has 1 nitrogen and oxygen atoms in total. The van der Waals surface area contributed by atoms with E-state index < -0.39 is 0 Å². The fourth-order valence-electron chi connectivity index (χ4n) is 1.91. The Hall–Kier alpha value is -0.0400. The largest absolute Gasteiger partial charge is 0.299 e. The zero-order chi connectivity index (χ0) is 9.35. The van der Waals surface area contributed by atoms with Gasteiger partial charge >= 0.3 is 0 Å². The van der Waals surface area contributed by atoms with E-state index in [0.29, 0.717) is 18.1 Å². The van der Waals surface area contributed by atoms with Crippen molar-refractivity contribution in [2.45, 2.75) is 44.9 Å². The minimum Gasteiger partial charge on any atom is -0.299 e. The summed E-state index contributed by atoms with van der Waals surface area (Å²) in [5.41, 5.74) is 0. The maximum Gasteiger partial charge on any atom is 0.137 e. The van der Waals surface area contributed by atoms with Crippen LogP contribution in [0, 0.1) is 11.8 Å². The van der Waals surface area contributed by atoms with E-state index >= 15 is 0 Å². The van der Waals surface area contributed by atoms with E-state index in [1.54, 1.807) is 0 Å². The third-order valence-corrected chi connectivity index (χ3v) is 3.06. The Balaban J connectivity index is 2.60. The molecule has 1 aliphatic carbocycles. The molecule has 0 spiro atoms. The van der Waals surface area contributed by atoms with Gasteiger partial charge in [-0.25, -0.2) is 0 Å². The van der Waals surface area contributed by atoms with Crippen LogP contribution >= 0.6 is 11.6 Å². The van der Waals surface area contributed by atoms with Crippen LogP contribution in [0.3, 0.4) is 0 Å². The van der Waals surface area contributed by atoms with Gasteiger partial charge in [0.05, 0.1) is 0 Å². The lowest BCUT2D eigenvalue weighted by molar-refractivity contribution is -0.126. The molecule has 1 aliphatic rings. The fraction of sp³-hybridized carbons (Fsp3) is 0.900. The molecule has 0 amide bonds. The zero-order valence-electron chi connectivity index (χ0n) is 8.06. The normalized spacial score (nSPS) is 37.4. The fourth-order valence-corrected chi connectivity index (χ4v) is 2.15. The maximum atomic E-state index is 11.6. The smallest absolute Gasteiger partial charge is 0.137 e. The highest BCUT2D eigenvalue weighted by molar-refractivity contribution is 6.25. The molecule has 2 unspecified atom stereocenters. The monoisotopic (exact) mass is 188 g/mol. The van der Waals surface area contributed by atoms with Gasteiger partial charge in [-0.05, 0) is 25.7 Å². The van der Waals surface area contributed by atoms with Crippen LogP contribution in [-0.4, -0.2) is 10.7 Å². The molecule has 0 radical (unpaired) electrons. The summed E-state index contributed by atoms with van der Waals surface area (Å²) < 4.78 is 0. The molecule has 1 fully saturated rings. The van der Waals surface area contributed by atoms with Gasteiger partial charge in [0, 0.05) is 17.2 Å². The first-order valence-corrected chi connectivity index (χ1v) is 5.02. The van der Waals surface area contributed by atoms with E-state index in [4.69, 9.17) is 11.6 Å². The molecule has 2 atom stereocenters. The molecule has 0 heterocycles. The lowest BCUT2D eigenvalue weighted by Crippen LogP contribution is -2.35. The van der Waals surface area contributed by atoms with Crippen molar-refractivity contribution in [2.24, 2.45) is 11.8 Å². The lowest BCUT2D eigenvalue weighted by Gasteiger charge is -2.32. The molecule has 1 saturated carbocycles. The summed E-state index contributed by atoms with van der Waals surface area (Å²) in [6.07, 6.45) is 2.50. The highest BCUT2D eigenvalue weighted by Crippen LogP contribution is 2.36. The van der Waals surface area contributed by atoms with Crippen molar-refractivity contribution in [3.63, 3.8) is 0 Å². The summed E-state index contributed by atoms with van der Waals surface area (Å²) in [7, 11) is 0. The second kappa shape index (κ2) is 3.37. The Morgan fingerprint density at radius 2 is 2.17 bits per heavy atom. The van der Waals surface area contributed by atoms with Gasteiger partial charge in [0.1, 0.15) is 5.78 Å². The molecular formula is C10H17ClO. The number of alkyl halides is 1. The quantitative estimate of drug-likeness (QED) is 0.579. The molecule has 12 heavy (non-hydrogen) atoms. The lowest BCUT2D eigenvalue weighted by atomic mass is 9.76. The summed E-state index contributed by atoms with van der Waals surface area (Å²) in [5.74, 6) is 1.09. The zero-order valence-corrected chi connectivity index (χ0v) is 8.82. The highest BCUT2D eigenvalue weighted by Gasteiger charge is 2.36. The van der Waals surface area contributed by atoms with Crippen molar-refractivity contribution < 1.29 is 4.79 Å². The van der Waals surface area contributed by atoms with Crippen LogP contribution in [-0.2, 0) is 4.79 Å². The summed E-state index contributed by atoms with van der Waals surface area (Å²) in [6, 6.07) is 0. The van der Waals surface area contributed by atoms with E-state index in [0.717, 1.165) is 12.8 Å². The van der Waals surface area contributed by atoms with Crippen molar-refractivity contribution in [3.05, 3.63) is 0 Å². The average molecular weight is 189 g/mol. The standard InChI is InChI=1S/C10H17ClO/c1-7(2)8-4-5-10(3,11)6-9(8)12/h7-8H,4-6H2,1-3H3. The number of halogens is 1. The Kier molecular flexibility index (Phi) is 2.82. The predicted octanol–water partition coefficient (Wildman–Crippen LogP) is 3.01. The molecule has 2 heteroatoms. The van der Waals surface area contributed by atoms with Crippen LogP contribution in [0.15, 0.2) is 0 Å². The molecule has 0 saturated heterocycles. The van der Waals surface area contributed by atoms with Crippen LogP contribution in [0.1, 0.15) is 40.0 Å². The van der Waals surface area contributed by atoms with Gasteiger partial charge in [0.15, 0.2) is 0 Å². The van der Waals surface area contributed by atoms with Crippen LogP contribution < -0.4 is 0 Å². The minimum atomic E-state index is -0.261. The molecule has 1 rings (SSSR count). The summed E-state index contributed by atoms with van der Waals surface area (Å²) in [6.45, 7) is 6.18. The topological polar surface area (TPSA) is 17.1 Å². The molecule has 0 aromatic heterocycles. The van der Waals surface area contributed by atoms with Crippen molar-refractivity contribution in [1.82, 2.24) is 0 Å². The van der Waals surface area contributed by atoms with Crippen molar-refractivity contribution in [2.75, 3.05) is 0 Å². The van der Waals surface area contributed by atoms with Crippen molar-refractivity contribution >= 4 is 17.4 Å². The highest BCUT2D eigenvalue weighted by atomic mass is 35.5. The van der Waals surface area contributed by atoms with Gasteiger partial charge in [-0.1, -0.05) is 13.8 Å². The minimum absolute atomic E-state index is 0.261. The van der Waals surface area contributed by atoms with E-state index in [2.05, 4.69) is 13.8 Å². The second-order valence-electron chi connectivity index (χ2n) is 4.45. The Morgan fingerprint density at radius 1 is 1.58 bits per heavy atom. The van der Waals surface area contributed by atoms with Crippen LogP contribution in [0.2, 0.25) is 0 Å². The van der Waals surface area contributed by atoms with Crippen LogP contribution in [0.25, 0.3) is 0 Å². The van der Waals surface area contributed by atoms with Crippen molar-refractivity contribution in [3.8, 4) is 0 Å². The van der Waals surface area contributed by atoms with Crippen LogP contribution in [0.5, 0.6) is 0 Å². The van der Waals surface area contributed by atoms with E-state index in [1.807, 2.05) is 6.92 Å². The van der Waals surface area contributed by atoms with E-state index in [-0.39, 0.29) is 10.8 Å². The number of ketones is 1. The molecular weight excluding hydrogens is 172 g/mol. The maximum absolute atomic E-state index is 11.6. The van der Waals surface area contributed by atoms with Gasteiger partial charge in [-0.2, -0.15) is 0 Å². The summed E-state index contributed by atoms with van der Waals surface area (Å²) >= 11 is 6.12. The summed E-state index contributed by atoms with van der Waals surface area (Å²) in [4.78, 5) is 11.3. The van der Waals surface area contributed by atoms with E-state index in [9.17, 15) is 4.79 Å². The van der Waals surface area contributed by atoms with Gasteiger partial charge in [-0.3, -0.25) is 4.79 Å². The Morgan fingerprint density at radius 3 is 2.58 bits per heavy atom. The van der Waals surface area contributed by atoms with E-state index in [1.165, 1.54) is 0 Å². The molecule has 0 aromatic rings. The van der Waals surface area contributed by atoms with Crippen LogP contribution in [0.4, 0.5) is 0 Å². The number of hydrogen-bond acceptors (Lipinski definition) is 1. The molecule has 0 bridgehead atoms. The molecule has 70 valence electrons. The molecule has 0 N–H and O–H groups in total. The Bertz CT molecular complexity index is 184. The SMILES string of the molecule is CC(C)C1CCC(C)(Cl)CC1=O. The van der Waals surface area contributed by atoms with Gasteiger partial charge in [0.25, 0.3) is 0 Å². The third-order valence-electron chi connectivity index (χ3n) is 2.74. The summed E-state index contributed by atoms with van der Waals surface area (Å²) in [5, 5.41) is 0. The third kappa shape index (κ3) is 2.22. The van der Waals surface area contributed by atoms with Gasteiger partial charge < -0.3 is 0 Å². The predicted molar refractivity (Wildman–Crippen MR) is 51.4 cm³/mol. The Labute approximate surface area is 79.5 Å². The first-order chi connectivity index (χ1) is 5.42. The first-order valence-electron chi connectivity index (χ1n) is 4.64. The van der Waals surface area contributed by atoms with Gasteiger partial charge in [-0.15, -0.1) is 11.6 Å². The number of rotatable bonds is 1. The van der Waals surface area contributed by atoms with Gasteiger partial charge in [0.2, 0.25) is 0 Å². The number of hydrogen-bond donors (Lipinski definition) is 0. The molecule has 0 aliphatic heterocycles. The second-order valence-corrected chi connectivity index (χ2v) is 5.36. The number of carbonyl (C=O) groups excluding carboxylic acids is 1. The molecule has 0 aromatic carbocycles. The average Bonchev–Trinajstić information content (AvgIpc) is 1.83. The first kappa shape index (κ1) is 10.0. The number of Topliss-reactive ketones (excluding diaryl/α,β-unsaturated/α-hetero) is 1. The van der Waals surface area contributed by atoms with Crippen molar-refractivity contribution in [1.29, 1.82) is 0 Å².